The van der Waals surface area contributed by atoms with Gasteiger partial charge in [0.05, 0.1) is 0 Å². The van der Waals surface area contributed by atoms with Gasteiger partial charge in [-0.3, -0.25) is 19.2 Å². The van der Waals surface area contributed by atoms with E-state index in [1.807, 2.05) is 19.1 Å². The fourth-order valence-corrected chi connectivity index (χ4v) is 6.88. The third-order valence-electron chi connectivity index (χ3n) is 8.60. The summed E-state index contributed by atoms with van der Waals surface area (Å²) in [6, 6.07) is 8.82. The van der Waals surface area contributed by atoms with Gasteiger partial charge in [0.15, 0.2) is 0 Å². The van der Waals surface area contributed by atoms with Crippen LogP contribution in [0.5, 0.6) is 0 Å². The van der Waals surface area contributed by atoms with Crippen LogP contribution in [-0.2, 0) is 9.68 Å². The first-order chi connectivity index (χ1) is 18.7. The second-order valence-electron chi connectivity index (χ2n) is 11.6. The third-order valence-corrected chi connectivity index (χ3v) is 8.85. The van der Waals surface area contributed by atoms with E-state index in [1.165, 1.54) is 10.5 Å². The molecule has 3 aromatic rings. The lowest BCUT2D eigenvalue weighted by atomic mass is 9.66. The minimum atomic E-state index is -0.673. The summed E-state index contributed by atoms with van der Waals surface area (Å²) in [5.41, 5.74) is 2.55. The monoisotopic (exact) mass is 555 g/mol. The zero-order chi connectivity index (χ0) is 28.3. The van der Waals surface area contributed by atoms with Gasteiger partial charge in [-0.25, -0.2) is 4.89 Å². The van der Waals surface area contributed by atoms with Crippen molar-refractivity contribution in [1.82, 2.24) is 9.38 Å². The van der Waals surface area contributed by atoms with Gasteiger partial charge in [0, 0.05) is 34.3 Å². The van der Waals surface area contributed by atoms with Crippen LogP contribution in [0.15, 0.2) is 41.3 Å². The zero-order valence-electron chi connectivity index (χ0n) is 23.7. The van der Waals surface area contributed by atoms with Gasteiger partial charge < -0.3 is 10.3 Å². The molecule has 1 fully saturated rings. The molecule has 1 aromatic carbocycles. The Labute approximate surface area is 235 Å². The van der Waals surface area contributed by atoms with Crippen LogP contribution in [0.4, 0.5) is 5.82 Å². The van der Waals surface area contributed by atoms with Gasteiger partial charge in [0.2, 0.25) is 5.91 Å². The summed E-state index contributed by atoms with van der Waals surface area (Å²) in [5, 5.41) is 14.0. The fraction of sp³-hybridized carbons (Fsp3) is 0.548. The molecule has 4 unspecified atom stereocenters. The van der Waals surface area contributed by atoms with Crippen LogP contribution < -0.4 is 10.9 Å². The first kappa shape index (κ1) is 29.4. The topological polar surface area (TPSA) is 95.8 Å². The zero-order valence-corrected chi connectivity index (χ0v) is 24.4. The number of H-pyrrole nitrogens is 1. The number of carbonyl (C=O) groups is 1. The molecule has 1 aliphatic rings. The molecule has 1 amide bonds. The average Bonchev–Trinajstić information content (AvgIpc) is 3.26. The van der Waals surface area contributed by atoms with Gasteiger partial charge in [-0.2, -0.15) is 0 Å². The molecule has 0 radical (unpaired) electrons. The number of aromatic amines is 1. The number of halogens is 1. The smallest absolute Gasteiger partial charge is 0.259 e. The van der Waals surface area contributed by atoms with E-state index in [1.54, 1.807) is 18.3 Å². The maximum absolute atomic E-state index is 13.4. The van der Waals surface area contributed by atoms with Gasteiger partial charge in [0.1, 0.15) is 17.6 Å². The van der Waals surface area contributed by atoms with Crippen LogP contribution in [0, 0.1) is 29.6 Å². The summed E-state index contributed by atoms with van der Waals surface area (Å²) in [5.74, 6) is 1.33. The lowest BCUT2D eigenvalue weighted by Crippen LogP contribution is -2.34. The molecular formula is C31H42ClN3O4. The SMILES string of the molecule is CCCCC(CC)C(=O)Nc1cc(=O)n2cc(-c3ccc(Cl)cc3)c(C(OO)C3C(C)CC(C)CC3C)c2[nH]1. The van der Waals surface area contributed by atoms with Crippen LogP contribution >= 0.6 is 11.6 Å². The van der Waals surface area contributed by atoms with Gasteiger partial charge in [0.25, 0.3) is 5.56 Å². The van der Waals surface area contributed by atoms with Crippen LogP contribution in [0.1, 0.15) is 84.8 Å². The van der Waals surface area contributed by atoms with Crippen molar-refractivity contribution in [3.63, 3.8) is 0 Å². The van der Waals surface area contributed by atoms with Crippen LogP contribution in [0.3, 0.4) is 0 Å². The summed E-state index contributed by atoms with van der Waals surface area (Å²) in [6.45, 7) is 10.8. The Morgan fingerprint density at radius 3 is 2.44 bits per heavy atom. The van der Waals surface area contributed by atoms with Crippen molar-refractivity contribution in [2.24, 2.45) is 29.6 Å². The number of fused-ring (bicyclic) bond motifs is 1. The molecule has 1 saturated carbocycles. The Morgan fingerprint density at radius 2 is 1.85 bits per heavy atom. The summed E-state index contributed by atoms with van der Waals surface area (Å²) in [6.07, 6.45) is 6.70. The number of rotatable bonds is 10. The lowest BCUT2D eigenvalue weighted by molar-refractivity contribution is -0.302. The highest BCUT2D eigenvalue weighted by molar-refractivity contribution is 6.30. The molecule has 4 atom stereocenters. The molecule has 39 heavy (non-hydrogen) atoms. The summed E-state index contributed by atoms with van der Waals surface area (Å²) in [7, 11) is 0. The number of unbranched alkanes of at least 4 members (excludes halogenated alkanes) is 1. The summed E-state index contributed by atoms with van der Waals surface area (Å²) < 4.78 is 1.54. The molecule has 1 aliphatic carbocycles. The van der Waals surface area contributed by atoms with Crippen molar-refractivity contribution >= 4 is 29.0 Å². The Morgan fingerprint density at radius 1 is 1.18 bits per heavy atom. The van der Waals surface area contributed by atoms with Crippen molar-refractivity contribution in [3.8, 4) is 11.1 Å². The van der Waals surface area contributed by atoms with E-state index in [0.717, 1.165) is 49.7 Å². The number of anilines is 1. The quantitative estimate of drug-likeness (QED) is 0.175. The number of nitrogens with zero attached hydrogens (tertiary/aromatic N) is 1. The first-order valence-corrected chi connectivity index (χ1v) is 14.7. The number of aromatic nitrogens is 2. The molecule has 3 N–H and O–H groups in total. The van der Waals surface area contributed by atoms with Crippen LogP contribution in [0.2, 0.25) is 5.02 Å². The predicted molar refractivity (Wildman–Crippen MR) is 157 cm³/mol. The van der Waals surface area contributed by atoms with Crippen molar-refractivity contribution in [3.05, 3.63) is 57.5 Å². The maximum Gasteiger partial charge on any atom is 0.259 e. The van der Waals surface area contributed by atoms with Gasteiger partial charge in [-0.15, -0.1) is 0 Å². The summed E-state index contributed by atoms with van der Waals surface area (Å²) >= 11 is 6.18. The van der Waals surface area contributed by atoms with E-state index in [9.17, 15) is 14.8 Å². The second kappa shape index (κ2) is 12.7. The normalized spacial score (nSPS) is 23.1. The Kier molecular flexibility index (Phi) is 9.57. The molecule has 7 nitrogen and oxygen atoms in total. The van der Waals surface area contributed by atoms with Gasteiger partial charge >= 0.3 is 0 Å². The van der Waals surface area contributed by atoms with Crippen molar-refractivity contribution in [2.45, 2.75) is 79.2 Å². The van der Waals surface area contributed by atoms with Crippen LogP contribution in [0.25, 0.3) is 16.8 Å². The number of nitrogens with one attached hydrogen (secondary N) is 2. The maximum atomic E-state index is 13.4. The standard InChI is InChI=1S/C31H42ClN3O4/c1-6-8-9-21(7-2)31(37)34-25-16-26(36)35-17-24(22-10-12-23(32)13-11-22)28(30(35)33-25)29(39-38)27-19(4)14-18(3)15-20(27)5/h10-13,16-21,27,29,33,38H,6-9,14-15H2,1-5H3,(H,34,37). The van der Waals surface area contributed by atoms with Crippen molar-refractivity contribution in [2.75, 3.05) is 5.32 Å². The van der Waals surface area contributed by atoms with E-state index >= 15 is 0 Å². The third kappa shape index (κ3) is 6.26. The minimum absolute atomic E-state index is 0.0312. The minimum Gasteiger partial charge on any atom is -0.327 e. The Bertz CT molecular complexity index is 1320. The number of carbonyl (C=O) groups excluding carboxylic acids is 1. The lowest BCUT2D eigenvalue weighted by Gasteiger charge is -2.41. The molecule has 2 aromatic heterocycles. The highest BCUT2D eigenvalue weighted by atomic mass is 35.5. The van der Waals surface area contributed by atoms with E-state index in [-0.39, 0.29) is 23.3 Å². The molecule has 212 valence electrons. The molecule has 4 rings (SSSR count). The highest BCUT2D eigenvalue weighted by Gasteiger charge is 2.41. The highest BCUT2D eigenvalue weighted by Crippen LogP contribution is 2.48. The second-order valence-corrected chi connectivity index (χ2v) is 12.0. The number of hydrogen-bond acceptors (Lipinski definition) is 4. The Hall–Kier alpha value is -2.61. The fourth-order valence-electron chi connectivity index (χ4n) is 6.75. The Balaban J connectivity index is 1.86. The van der Waals surface area contributed by atoms with Crippen LogP contribution in [-0.4, -0.2) is 20.5 Å². The van der Waals surface area contributed by atoms with E-state index in [0.29, 0.717) is 39.8 Å². The molecular weight excluding hydrogens is 514 g/mol. The predicted octanol–water partition coefficient (Wildman–Crippen LogP) is 7.95. The summed E-state index contributed by atoms with van der Waals surface area (Å²) in [4.78, 5) is 35.1. The molecule has 0 bridgehead atoms. The van der Waals surface area contributed by atoms with E-state index in [2.05, 4.69) is 38.0 Å². The number of amides is 1. The average molecular weight is 556 g/mol. The van der Waals surface area contributed by atoms with Gasteiger partial charge in [-0.1, -0.05) is 71.2 Å². The molecule has 2 heterocycles. The van der Waals surface area contributed by atoms with Crippen molar-refractivity contribution < 1.29 is 14.9 Å². The molecule has 8 heteroatoms. The number of benzene rings is 1. The first-order valence-electron chi connectivity index (χ1n) is 14.3. The number of hydrogen-bond donors (Lipinski definition) is 3. The van der Waals surface area contributed by atoms with Gasteiger partial charge in [-0.05, 0) is 67.1 Å². The largest absolute Gasteiger partial charge is 0.327 e. The van der Waals surface area contributed by atoms with Crippen molar-refractivity contribution in [1.29, 1.82) is 0 Å². The molecule has 0 spiro atoms. The van der Waals surface area contributed by atoms with E-state index in [4.69, 9.17) is 16.5 Å². The molecule has 0 aliphatic heterocycles. The molecule has 0 saturated heterocycles. The van der Waals surface area contributed by atoms with E-state index < -0.39 is 6.10 Å².